The van der Waals surface area contributed by atoms with E-state index in [0.717, 1.165) is 0 Å². The summed E-state index contributed by atoms with van der Waals surface area (Å²) in [5, 5.41) is 18.6. The Morgan fingerprint density at radius 2 is 1.22 bits per heavy atom. The van der Waals surface area contributed by atoms with Crippen LogP contribution in [0.1, 0.15) is 0 Å². The highest BCUT2D eigenvalue weighted by Crippen LogP contribution is 2.28. The summed E-state index contributed by atoms with van der Waals surface area (Å²) in [5.74, 6) is -0.109. The molecule has 6 N–H and O–H groups in total. The molecule has 0 spiro atoms. The Labute approximate surface area is 106 Å². The molecule has 5 nitrogen and oxygen atoms in total. The number of benzene rings is 2. The fraction of sp³-hybridized carbons (Fsp3) is 0. The summed E-state index contributed by atoms with van der Waals surface area (Å²) < 4.78 is 12.2. The van der Waals surface area contributed by atoms with Crippen LogP contribution in [-0.2, 0) is 10.8 Å². The van der Waals surface area contributed by atoms with E-state index in [2.05, 4.69) is 0 Å². The van der Waals surface area contributed by atoms with Gasteiger partial charge in [0.15, 0.2) is 0 Å². The largest absolute Gasteiger partial charge is 0.506 e. The number of aromatic hydroxyl groups is 2. The first kappa shape index (κ1) is 12.3. The molecule has 0 aromatic heterocycles. The second kappa shape index (κ2) is 4.58. The number of phenols is 2. The van der Waals surface area contributed by atoms with Crippen molar-refractivity contribution in [3.8, 4) is 11.5 Å². The van der Waals surface area contributed by atoms with Gasteiger partial charge in [-0.2, -0.15) is 0 Å². The lowest BCUT2D eigenvalue weighted by Crippen LogP contribution is -1.96. The van der Waals surface area contributed by atoms with Gasteiger partial charge in [0.2, 0.25) is 0 Å². The van der Waals surface area contributed by atoms with Crippen LogP contribution in [0.2, 0.25) is 0 Å². The molecule has 2 aromatic carbocycles. The number of nitrogens with two attached hydrogens (primary N) is 2. The van der Waals surface area contributed by atoms with E-state index in [9.17, 15) is 14.4 Å². The molecule has 0 radical (unpaired) electrons. The van der Waals surface area contributed by atoms with Gasteiger partial charge in [-0.15, -0.1) is 0 Å². The minimum absolute atomic E-state index is 0.0547. The van der Waals surface area contributed by atoms with Crippen molar-refractivity contribution in [2.24, 2.45) is 0 Å². The lowest BCUT2D eigenvalue weighted by atomic mass is 10.3. The normalized spacial score (nSPS) is 10.7. The molecule has 94 valence electrons. The first-order chi connectivity index (χ1) is 8.49. The van der Waals surface area contributed by atoms with E-state index in [1.54, 1.807) is 0 Å². The van der Waals surface area contributed by atoms with Gasteiger partial charge >= 0.3 is 0 Å². The van der Waals surface area contributed by atoms with Crippen molar-refractivity contribution in [2.45, 2.75) is 9.79 Å². The standard InChI is InChI=1S/C12H12N2O3S/c13-9-5-7(1-3-11(9)15)18(17)8-2-4-12(16)10(14)6-8/h1-6,15-16H,13-14H2. The predicted molar refractivity (Wildman–Crippen MR) is 69.7 cm³/mol. The summed E-state index contributed by atoms with van der Waals surface area (Å²) in [7, 11) is -1.47. The second-order valence-corrected chi connectivity index (χ2v) is 5.19. The zero-order valence-electron chi connectivity index (χ0n) is 9.33. The summed E-state index contributed by atoms with van der Waals surface area (Å²) in [6.07, 6.45) is 0. The first-order valence-electron chi connectivity index (χ1n) is 5.08. The Morgan fingerprint density at radius 1 is 0.833 bits per heavy atom. The molecule has 2 rings (SSSR count). The van der Waals surface area contributed by atoms with Crippen LogP contribution in [0, 0.1) is 0 Å². The SMILES string of the molecule is Nc1cc(S(=O)c2ccc(O)c(N)c2)ccc1O. The van der Waals surface area contributed by atoms with Gasteiger partial charge < -0.3 is 21.7 Å². The van der Waals surface area contributed by atoms with Crippen LogP contribution in [0.5, 0.6) is 11.5 Å². The molecule has 2 aromatic rings. The smallest absolute Gasteiger partial charge is 0.138 e. The Kier molecular flexibility index (Phi) is 3.12. The van der Waals surface area contributed by atoms with Gasteiger partial charge in [0.05, 0.1) is 22.2 Å². The second-order valence-electron chi connectivity index (χ2n) is 3.71. The molecule has 0 atom stereocenters. The molecule has 0 saturated carbocycles. The average molecular weight is 264 g/mol. The molecule has 0 aliphatic heterocycles. The molecule has 18 heavy (non-hydrogen) atoms. The van der Waals surface area contributed by atoms with Crippen LogP contribution in [0.25, 0.3) is 0 Å². The van der Waals surface area contributed by atoms with Crippen molar-refractivity contribution >= 4 is 22.2 Å². The van der Waals surface area contributed by atoms with E-state index in [4.69, 9.17) is 11.5 Å². The van der Waals surface area contributed by atoms with Crippen molar-refractivity contribution in [1.82, 2.24) is 0 Å². The van der Waals surface area contributed by atoms with Crippen LogP contribution in [0.4, 0.5) is 11.4 Å². The van der Waals surface area contributed by atoms with Gasteiger partial charge in [-0.3, -0.25) is 0 Å². The monoisotopic (exact) mass is 264 g/mol. The number of hydrogen-bond acceptors (Lipinski definition) is 5. The van der Waals surface area contributed by atoms with Crippen molar-refractivity contribution in [1.29, 1.82) is 0 Å². The van der Waals surface area contributed by atoms with Crippen molar-refractivity contribution in [3.05, 3.63) is 36.4 Å². The first-order valence-corrected chi connectivity index (χ1v) is 6.23. The number of phenolic OH excluding ortho intramolecular Hbond substituents is 2. The van der Waals surface area contributed by atoms with Gasteiger partial charge in [0, 0.05) is 9.79 Å². The minimum Gasteiger partial charge on any atom is -0.506 e. The third kappa shape index (κ3) is 2.23. The van der Waals surface area contributed by atoms with Crippen LogP contribution >= 0.6 is 0 Å². The maximum Gasteiger partial charge on any atom is 0.138 e. The average Bonchev–Trinajstić information content (AvgIpc) is 2.35. The third-order valence-electron chi connectivity index (χ3n) is 2.43. The molecule has 0 saturated heterocycles. The molecule has 0 aliphatic rings. The molecular weight excluding hydrogens is 252 g/mol. The lowest BCUT2D eigenvalue weighted by Gasteiger charge is -2.06. The Balaban J connectivity index is 2.41. The zero-order valence-corrected chi connectivity index (χ0v) is 10.1. The molecule has 0 aliphatic carbocycles. The van der Waals surface area contributed by atoms with E-state index >= 15 is 0 Å². The molecule has 0 amide bonds. The highest BCUT2D eigenvalue weighted by molar-refractivity contribution is 7.85. The number of nitrogen functional groups attached to an aromatic ring is 2. The summed E-state index contributed by atoms with van der Waals surface area (Å²) in [5.41, 5.74) is 11.4. The van der Waals surface area contributed by atoms with Crippen LogP contribution in [0.3, 0.4) is 0 Å². The number of anilines is 2. The highest BCUT2D eigenvalue weighted by Gasteiger charge is 2.10. The van der Waals surface area contributed by atoms with Crippen LogP contribution in [0.15, 0.2) is 46.2 Å². The Morgan fingerprint density at radius 3 is 1.56 bits per heavy atom. The maximum atomic E-state index is 12.2. The van der Waals surface area contributed by atoms with Crippen LogP contribution in [-0.4, -0.2) is 14.4 Å². The van der Waals surface area contributed by atoms with Gasteiger partial charge in [-0.1, -0.05) is 0 Å². The topological polar surface area (TPSA) is 110 Å². The summed E-state index contributed by atoms with van der Waals surface area (Å²) in [6, 6.07) is 8.68. The number of hydrogen-bond donors (Lipinski definition) is 4. The zero-order chi connectivity index (χ0) is 13.3. The van der Waals surface area contributed by atoms with Gasteiger partial charge in [0.25, 0.3) is 0 Å². The van der Waals surface area contributed by atoms with E-state index in [0.29, 0.717) is 9.79 Å². The molecule has 6 heteroatoms. The number of rotatable bonds is 2. The molecule has 0 unspecified atom stereocenters. The fourth-order valence-electron chi connectivity index (χ4n) is 1.43. The fourth-order valence-corrected chi connectivity index (χ4v) is 2.56. The predicted octanol–water partition coefficient (Wildman–Crippen LogP) is 1.43. The van der Waals surface area contributed by atoms with Gasteiger partial charge in [-0.05, 0) is 36.4 Å². The summed E-state index contributed by atoms with van der Waals surface area (Å²) in [6.45, 7) is 0. The van der Waals surface area contributed by atoms with E-state index < -0.39 is 10.8 Å². The Hall–Kier alpha value is -2.21. The highest BCUT2D eigenvalue weighted by atomic mass is 32.2. The van der Waals surface area contributed by atoms with Crippen molar-refractivity contribution in [2.75, 3.05) is 11.5 Å². The molecule has 0 fully saturated rings. The molecular formula is C12H12N2O3S. The van der Waals surface area contributed by atoms with E-state index in [1.807, 2.05) is 0 Å². The minimum atomic E-state index is -1.47. The van der Waals surface area contributed by atoms with Gasteiger partial charge in [-0.25, -0.2) is 4.21 Å². The van der Waals surface area contributed by atoms with Crippen molar-refractivity contribution < 1.29 is 14.4 Å². The lowest BCUT2D eigenvalue weighted by molar-refractivity contribution is 0.477. The Bertz CT molecular complexity index is 575. The van der Waals surface area contributed by atoms with E-state index in [1.165, 1.54) is 36.4 Å². The summed E-state index contributed by atoms with van der Waals surface area (Å²) >= 11 is 0. The molecule has 0 heterocycles. The van der Waals surface area contributed by atoms with Crippen LogP contribution < -0.4 is 11.5 Å². The van der Waals surface area contributed by atoms with E-state index in [-0.39, 0.29) is 22.9 Å². The van der Waals surface area contributed by atoms with Gasteiger partial charge in [0.1, 0.15) is 11.5 Å². The summed E-state index contributed by atoms with van der Waals surface area (Å²) in [4.78, 5) is 0.908. The van der Waals surface area contributed by atoms with Crippen molar-refractivity contribution in [3.63, 3.8) is 0 Å². The maximum absolute atomic E-state index is 12.2. The molecule has 0 bridgehead atoms. The quantitative estimate of drug-likeness (QED) is 0.484. The third-order valence-corrected chi connectivity index (χ3v) is 3.79.